The second kappa shape index (κ2) is 7.53. The van der Waals surface area contributed by atoms with E-state index in [9.17, 15) is 9.18 Å². The van der Waals surface area contributed by atoms with Gasteiger partial charge in [-0.05, 0) is 44.2 Å². The van der Waals surface area contributed by atoms with E-state index in [-0.39, 0.29) is 18.3 Å². The number of rotatable bonds is 5. The molecule has 0 spiro atoms. The summed E-state index contributed by atoms with van der Waals surface area (Å²) in [7, 11) is 0. The molecular weight excluding hydrogens is 359 g/mol. The lowest BCUT2D eigenvalue weighted by atomic mass is 10.3. The van der Waals surface area contributed by atoms with E-state index >= 15 is 0 Å². The number of carbonyl (C=O) groups is 1. The van der Waals surface area contributed by atoms with Crippen LogP contribution in [0.2, 0.25) is 5.02 Å². The highest BCUT2D eigenvalue weighted by atomic mass is 35.5. The number of nitrogens with zero attached hydrogens (tertiary/aromatic N) is 3. The van der Waals surface area contributed by atoms with Crippen molar-refractivity contribution in [1.29, 1.82) is 0 Å². The zero-order valence-corrected chi connectivity index (χ0v) is 14.9. The van der Waals surface area contributed by atoms with E-state index in [0.717, 1.165) is 5.69 Å². The van der Waals surface area contributed by atoms with Gasteiger partial charge in [0.15, 0.2) is 0 Å². The molecule has 8 heteroatoms. The minimum absolute atomic E-state index is 0.0488. The molecule has 0 unspecified atom stereocenters. The van der Waals surface area contributed by atoms with Crippen molar-refractivity contribution >= 4 is 23.2 Å². The van der Waals surface area contributed by atoms with Crippen molar-refractivity contribution in [2.75, 3.05) is 5.32 Å². The normalized spacial score (nSPS) is 10.6. The summed E-state index contributed by atoms with van der Waals surface area (Å²) in [5.41, 5.74) is 1.94. The first-order valence-electron chi connectivity index (χ1n) is 7.81. The van der Waals surface area contributed by atoms with E-state index in [1.165, 1.54) is 30.5 Å². The van der Waals surface area contributed by atoms with Gasteiger partial charge in [0.05, 0.1) is 28.3 Å². The molecule has 0 aliphatic heterocycles. The van der Waals surface area contributed by atoms with E-state index in [0.29, 0.717) is 28.0 Å². The summed E-state index contributed by atoms with van der Waals surface area (Å²) in [6.07, 6.45) is 1.48. The number of ether oxygens (including phenoxy) is 1. The molecule has 1 amide bonds. The molecule has 134 valence electrons. The van der Waals surface area contributed by atoms with Gasteiger partial charge in [0.2, 0.25) is 11.8 Å². The lowest BCUT2D eigenvalue weighted by Gasteiger charge is -2.08. The molecule has 0 aliphatic carbocycles. The minimum Gasteiger partial charge on any atom is -0.439 e. The monoisotopic (exact) mass is 374 g/mol. The standard InChI is InChI=1S/C18H16ClFN4O2/c1-11-18(19)12(2)24(23-11)10-16(25)22-14-5-8-17(21-9-14)26-15-6-3-13(20)4-7-15/h3-9H,10H2,1-2H3,(H,22,25). The maximum absolute atomic E-state index is 12.9. The third kappa shape index (κ3) is 4.18. The van der Waals surface area contributed by atoms with Crippen molar-refractivity contribution in [3.63, 3.8) is 0 Å². The first-order valence-corrected chi connectivity index (χ1v) is 8.19. The highest BCUT2D eigenvalue weighted by Gasteiger charge is 2.12. The predicted molar refractivity (Wildman–Crippen MR) is 96.1 cm³/mol. The van der Waals surface area contributed by atoms with E-state index in [2.05, 4.69) is 15.4 Å². The van der Waals surface area contributed by atoms with Crippen LogP contribution in [0.15, 0.2) is 42.6 Å². The third-order valence-corrected chi connectivity index (χ3v) is 4.19. The number of pyridine rings is 1. The van der Waals surface area contributed by atoms with Crippen molar-refractivity contribution in [3.05, 3.63) is 64.8 Å². The summed E-state index contributed by atoms with van der Waals surface area (Å²) in [5, 5.41) is 7.51. The van der Waals surface area contributed by atoms with Gasteiger partial charge in [0, 0.05) is 6.07 Å². The number of aryl methyl sites for hydroxylation is 1. The number of anilines is 1. The molecule has 0 atom stereocenters. The minimum atomic E-state index is -0.340. The number of benzene rings is 1. The molecule has 6 nitrogen and oxygen atoms in total. The van der Waals surface area contributed by atoms with Gasteiger partial charge in [-0.1, -0.05) is 11.6 Å². The van der Waals surface area contributed by atoms with Crippen molar-refractivity contribution in [2.24, 2.45) is 0 Å². The van der Waals surface area contributed by atoms with Gasteiger partial charge in [-0.3, -0.25) is 9.48 Å². The molecule has 3 rings (SSSR count). The summed E-state index contributed by atoms with van der Waals surface area (Å²) in [4.78, 5) is 16.3. The number of nitrogens with one attached hydrogen (secondary N) is 1. The number of aromatic nitrogens is 3. The number of hydrogen-bond acceptors (Lipinski definition) is 4. The van der Waals surface area contributed by atoms with Crippen LogP contribution < -0.4 is 10.1 Å². The van der Waals surface area contributed by atoms with Gasteiger partial charge < -0.3 is 10.1 Å². The Balaban J connectivity index is 1.60. The van der Waals surface area contributed by atoms with Gasteiger partial charge in [-0.25, -0.2) is 9.37 Å². The van der Waals surface area contributed by atoms with Crippen molar-refractivity contribution in [1.82, 2.24) is 14.8 Å². The summed E-state index contributed by atoms with van der Waals surface area (Å²) in [5.74, 6) is 0.213. The van der Waals surface area contributed by atoms with Crippen LogP contribution in [-0.4, -0.2) is 20.7 Å². The summed E-state index contributed by atoms with van der Waals surface area (Å²) in [6, 6.07) is 8.89. The zero-order chi connectivity index (χ0) is 18.7. The fourth-order valence-electron chi connectivity index (χ4n) is 2.30. The second-order valence-electron chi connectivity index (χ2n) is 5.63. The molecule has 0 aliphatic rings. The van der Waals surface area contributed by atoms with Gasteiger partial charge in [0.1, 0.15) is 18.1 Å². The molecule has 1 aromatic carbocycles. The van der Waals surface area contributed by atoms with Crippen molar-refractivity contribution < 1.29 is 13.9 Å². The molecule has 0 saturated heterocycles. The summed E-state index contributed by atoms with van der Waals surface area (Å²) in [6.45, 7) is 3.64. The SMILES string of the molecule is Cc1nn(CC(=O)Nc2ccc(Oc3ccc(F)cc3)nc2)c(C)c1Cl. The quantitative estimate of drug-likeness (QED) is 0.729. The number of amides is 1. The average molecular weight is 375 g/mol. The Hall–Kier alpha value is -2.93. The first-order chi connectivity index (χ1) is 12.4. The topological polar surface area (TPSA) is 69.0 Å². The molecule has 2 aromatic heterocycles. The summed E-state index contributed by atoms with van der Waals surface area (Å²) >= 11 is 6.07. The smallest absolute Gasteiger partial charge is 0.246 e. The van der Waals surface area contributed by atoms with E-state index in [1.807, 2.05) is 0 Å². The fourth-order valence-corrected chi connectivity index (χ4v) is 2.44. The average Bonchev–Trinajstić information content (AvgIpc) is 2.85. The third-order valence-electron chi connectivity index (χ3n) is 3.64. The molecule has 0 saturated carbocycles. The number of carbonyl (C=O) groups excluding carboxylic acids is 1. The Labute approximate surface area is 154 Å². The lowest BCUT2D eigenvalue weighted by molar-refractivity contribution is -0.116. The first kappa shape index (κ1) is 17.9. The van der Waals surface area contributed by atoms with E-state index in [1.54, 1.807) is 30.7 Å². The highest BCUT2D eigenvalue weighted by Crippen LogP contribution is 2.21. The molecule has 1 N–H and O–H groups in total. The van der Waals surface area contributed by atoms with Gasteiger partial charge >= 0.3 is 0 Å². The van der Waals surface area contributed by atoms with Crippen LogP contribution in [0, 0.1) is 19.7 Å². The van der Waals surface area contributed by atoms with Crippen LogP contribution in [0.3, 0.4) is 0 Å². The van der Waals surface area contributed by atoms with Gasteiger partial charge in [-0.2, -0.15) is 5.10 Å². The predicted octanol–water partition coefficient (Wildman–Crippen LogP) is 4.12. The summed E-state index contributed by atoms with van der Waals surface area (Å²) < 4.78 is 19.9. The highest BCUT2D eigenvalue weighted by molar-refractivity contribution is 6.31. The molecule has 0 radical (unpaired) electrons. The van der Waals surface area contributed by atoms with Gasteiger partial charge in [0.25, 0.3) is 0 Å². The van der Waals surface area contributed by atoms with Crippen LogP contribution in [0.5, 0.6) is 11.6 Å². The molecule has 26 heavy (non-hydrogen) atoms. The zero-order valence-electron chi connectivity index (χ0n) is 14.2. The number of hydrogen-bond donors (Lipinski definition) is 1. The Kier molecular flexibility index (Phi) is 5.18. The Morgan fingerprint density at radius 2 is 1.96 bits per heavy atom. The lowest BCUT2D eigenvalue weighted by Crippen LogP contribution is -2.20. The largest absolute Gasteiger partial charge is 0.439 e. The fraction of sp³-hybridized carbons (Fsp3) is 0.167. The second-order valence-corrected chi connectivity index (χ2v) is 6.01. The van der Waals surface area contributed by atoms with Crippen LogP contribution in [0.25, 0.3) is 0 Å². The van der Waals surface area contributed by atoms with Crippen molar-refractivity contribution in [3.8, 4) is 11.6 Å². The van der Waals surface area contributed by atoms with Crippen LogP contribution in [0.1, 0.15) is 11.4 Å². The van der Waals surface area contributed by atoms with E-state index in [4.69, 9.17) is 16.3 Å². The molecule has 0 bridgehead atoms. The van der Waals surface area contributed by atoms with Crippen molar-refractivity contribution in [2.45, 2.75) is 20.4 Å². The molecular formula is C18H16ClFN4O2. The van der Waals surface area contributed by atoms with Crippen LogP contribution >= 0.6 is 11.6 Å². The van der Waals surface area contributed by atoms with Gasteiger partial charge in [-0.15, -0.1) is 0 Å². The number of halogens is 2. The van der Waals surface area contributed by atoms with Crippen LogP contribution in [-0.2, 0) is 11.3 Å². The Bertz CT molecular complexity index is 924. The Morgan fingerprint density at radius 1 is 1.23 bits per heavy atom. The Morgan fingerprint density at radius 3 is 2.54 bits per heavy atom. The molecule has 0 fully saturated rings. The maximum atomic E-state index is 12.9. The molecule has 2 heterocycles. The van der Waals surface area contributed by atoms with Crippen LogP contribution in [0.4, 0.5) is 10.1 Å². The maximum Gasteiger partial charge on any atom is 0.246 e. The molecule has 3 aromatic rings. The van der Waals surface area contributed by atoms with E-state index < -0.39 is 0 Å².